The van der Waals surface area contributed by atoms with Gasteiger partial charge in [0.25, 0.3) is 0 Å². The molecule has 0 aliphatic carbocycles. The lowest BCUT2D eigenvalue weighted by Gasteiger charge is -2.18. The maximum atomic E-state index is 15.6. The third-order valence-electron chi connectivity index (χ3n) is 5.21. The van der Waals surface area contributed by atoms with E-state index in [4.69, 9.17) is 5.11 Å². The summed E-state index contributed by atoms with van der Waals surface area (Å²) < 4.78 is 29.2. The molecule has 0 amide bonds. The predicted molar refractivity (Wildman–Crippen MR) is 122 cm³/mol. The molecule has 32 heavy (non-hydrogen) atoms. The van der Waals surface area contributed by atoms with Gasteiger partial charge in [0.05, 0.1) is 23.8 Å². The van der Waals surface area contributed by atoms with E-state index in [1.165, 1.54) is 12.3 Å². The highest BCUT2D eigenvalue weighted by molar-refractivity contribution is 6.01. The topological polar surface area (TPSA) is 66.0 Å². The fourth-order valence-electron chi connectivity index (χ4n) is 3.74. The lowest BCUT2D eigenvalue weighted by molar-refractivity contribution is -0.131. The number of rotatable bonds is 7. The van der Waals surface area contributed by atoms with Gasteiger partial charge in [-0.3, -0.25) is 9.49 Å². The van der Waals surface area contributed by atoms with Crippen LogP contribution >= 0.6 is 0 Å². The van der Waals surface area contributed by atoms with Crippen molar-refractivity contribution in [1.29, 1.82) is 0 Å². The molecule has 0 atom stereocenters. The number of benzene rings is 3. The number of aromatic amines is 1. The molecule has 160 valence electrons. The number of H-pyrrole nitrogens is 1. The number of carboxylic acids is 1. The highest BCUT2D eigenvalue weighted by atomic mass is 19.1. The number of hydrogen-bond acceptors (Lipinski definition) is 2. The number of halogens is 2. The predicted octanol–water partition coefficient (Wildman–Crippen LogP) is 6.12. The zero-order valence-corrected chi connectivity index (χ0v) is 17.1. The molecule has 2 N–H and O–H groups in total. The second-order valence-electron chi connectivity index (χ2n) is 7.21. The van der Waals surface area contributed by atoms with Crippen LogP contribution in [0.2, 0.25) is 0 Å². The van der Waals surface area contributed by atoms with Crippen LogP contribution in [0, 0.1) is 5.82 Å². The highest BCUT2D eigenvalue weighted by Gasteiger charge is 2.19. The lowest BCUT2D eigenvalue weighted by Crippen LogP contribution is -2.00. The summed E-state index contributed by atoms with van der Waals surface area (Å²) in [5.74, 6) is -1.48. The van der Waals surface area contributed by atoms with Crippen LogP contribution in [0.5, 0.6) is 0 Å². The molecule has 4 nitrogen and oxygen atoms in total. The number of hydrogen-bond donors (Lipinski definition) is 2. The standard InChI is InChI=1S/C26H20F2N2O2/c27-15-14-20(18-4-2-1-3-5-18)25(19-9-6-17(7-10-19)8-13-24(31)32)21-11-12-23-22(26(21)28)16-29-30-23/h1-13,16H,14-15H2,(H,29,30)(H,31,32)/b13-8+,25-20+. The van der Waals surface area contributed by atoms with Crippen LogP contribution in [0.15, 0.2) is 79.0 Å². The first-order valence-corrected chi connectivity index (χ1v) is 10.1. The fraction of sp³-hybridized carbons (Fsp3) is 0.0769. The molecule has 0 saturated heterocycles. The van der Waals surface area contributed by atoms with Crippen LogP contribution in [-0.4, -0.2) is 27.9 Å². The Kier molecular flexibility index (Phi) is 6.22. The van der Waals surface area contributed by atoms with E-state index in [9.17, 15) is 9.18 Å². The Morgan fingerprint density at radius 3 is 2.44 bits per heavy atom. The Bertz CT molecular complexity index is 1310. The molecule has 3 aromatic carbocycles. The number of allylic oxidation sites excluding steroid dienone is 1. The second-order valence-corrected chi connectivity index (χ2v) is 7.21. The minimum atomic E-state index is -1.04. The second kappa shape index (κ2) is 9.39. The number of carboxylic acid groups (broad SMARTS) is 1. The Morgan fingerprint density at radius 1 is 1.00 bits per heavy atom. The number of nitrogens with one attached hydrogen (secondary N) is 1. The van der Waals surface area contributed by atoms with Crippen molar-refractivity contribution in [2.75, 3.05) is 6.67 Å². The van der Waals surface area contributed by atoms with Gasteiger partial charge in [-0.25, -0.2) is 9.18 Å². The SMILES string of the molecule is O=C(O)/C=C/c1ccc(/C(=C(/CCF)c2ccccc2)c2ccc3[nH]ncc3c2F)cc1. The number of nitrogens with zero attached hydrogens (tertiary/aromatic N) is 1. The highest BCUT2D eigenvalue weighted by Crippen LogP contribution is 2.37. The molecule has 1 heterocycles. The van der Waals surface area contributed by atoms with Crippen molar-refractivity contribution in [2.24, 2.45) is 0 Å². The van der Waals surface area contributed by atoms with Crippen molar-refractivity contribution in [3.63, 3.8) is 0 Å². The average Bonchev–Trinajstić information content (AvgIpc) is 3.30. The quantitative estimate of drug-likeness (QED) is 0.274. The van der Waals surface area contributed by atoms with E-state index in [0.29, 0.717) is 38.7 Å². The molecule has 4 rings (SSSR count). The molecule has 0 radical (unpaired) electrons. The van der Waals surface area contributed by atoms with Crippen LogP contribution < -0.4 is 0 Å². The van der Waals surface area contributed by atoms with E-state index in [1.807, 2.05) is 30.3 Å². The van der Waals surface area contributed by atoms with E-state index in [-0.39, 0.29) is 6.42 Å². The number of fused-ring (bicyclic) bond motifs is 1. The molecule has 0 unspecified atom stereocenters. The van der Waals surface area contributed by atoms with Crippen LogP contribution in [0.4, 0.5) is 8.78 Å². The molecule has 4 aromatic rings. The first-order valence-electron chi connectivity index (χ1n) is 10.1. The maximum absolute atomic E-state index is 15.6. The van der Waals surface area contributed by atoms with Gasteiger partial charge >= 0.3 is 5.97 Å². The summed E-state index contributed by atoms with van der Waals surface area (Å²) >= 11 is 0. The number of carbonyl (C=O) groups is 1. The van der Waals surface area contributed by atoms with Gasteiger partial charge < -0.3 is 5.11 Å². The van der Waals surface area contributed by atoms with Gasteiger partial charge in [0.2, 0.25) is 0 Å². The normalized spacial score (nSPS) is 12.3. The summed E-state index contributed by atoms with van der Waals surface area (Å²) in [7, 11) is 0. The van der Waals surface area contributed by atoms with Gasteiger partial charge in [-0.2, -0.15) is 5.10 Å². The lowest BCUT2D eigenvalue weighted by atomic mass is 9.87. The minimum absolute atomic E-state index is 0.114. The van der Waals surface area contributed by atoms with Gasteiger partial charge in [0.1, 0.15) is 5.82 Å². The van der Waals surface area contributed by atoms with Gasteiger partial charge in [0, 0.05) is 18.1 Å². The Labute approximate surface area is 183 Å². The molecule has 1 aromatic heterocycles. The summed E-state index contributed by atoms with van der Waals surface area (Å²) in [6, 6.07) is 19.9. The van der Waals surface area contributed by atoms with Crippen molar-refractivity contribution >= 4 is 34.1 Å². The monoisotopic (exact) mass is 430 g/mol. The zero-order valence-electron chi connectivity index (χ0n) is 17.1. The molecule has 0 aliphatic heterocycles. The maximum Gasteiger partial charge on any atom is 0.328 e. The Balaban J connectivity index is 1.96. The van der Waals surface area contributed by atoms with Crippen molar-refractivity contribution in [3.8, 4) is 0 Å². The van der Waals surface area contributed by atoms with Crippen molar-refractivity contribution in [1.82, 2.24) is 10.2 Å². The summed E-state index contributed by atoms with van der Waals surface area (Å²) in [5.41, 5.74) is 4.39. The van der Waals surface area contributed by atoms with Gasteiger partial charge in [-0.1, -0.05) is 54.6 Å². The van der Waals surface area contributed by atoms with E-state index >= 15 is 4.39 Å². The first-order chi connectivity index (χ1) is 15.6. The number of aromatic nitrogens is 2. The molecule has 0 saturated carbocycles. The molecule has 0 spiro atoms. The number of aliphatic carboxylic acids is 1. The van der Waals surface area contributed by atoms with Crippen LogP contribution in [0.25, 0.3) is 28.1 Å². The summed E-state index contributed by atoms with van der Waals surface area (Å²) in [6.07, 6.45) is 4.08. The third-order valence-corrected chi connectivity index (χ3v) is 5.21. The molecule has 0 aliphatic rings. The van der Waals surface area contributed by atoms with Crippen LogP contribution in [0.3, 0.4) is 0 Å². The van der Waals surface area contributed by atoms with Gasteiger partial charge in [-0.15, -0.1) is 0 Å². The van der Waals surface area contributed by atoms with Crippen molar-refractivity contribution in [2.45, 2.75) is 6.42 Å². The zero-order chi connectivity index (χ0) is 22.5. The molecule has 0 fully saturated rings. The van der Waals surface area contributed by atoms with Crippen LogP contribution in [0.1, 0.15) is 28.7 Å². The van der Waals surface area contributed by atoms with E-state index < -0.39 is 18.5 Å². The average molecular weight is 430 g/mol. The minimum Gasteiger partial charge on any atom is -0.478 e. The molecular formula is C26H20F2N2O2. The fourth-order valence-corrected chi connectivity index (χ4v) is 3.74. The molecule has 0 bridgehead atoms. The van der Waals surface area contributed by atoms with Gasteiger partial charge in [0.15, 0.2) is 0 Å². The van der Waals surface area contributed by atoms with Crippen molar-refractivity contribution < 1.29 is 18.7 Å². The molecular weight excluding hydrogens is 410 g/mol. The number of alkyl halides is 1. The van der Waals surface area contributed by atoms with Gasteiger partial charge in [-0.05, 0) is 46.0 Å². The van der Waals surface area contributed by atoms with E-state index in [1.54, 1.807) is 36.4 Å². The van der Waals surface area contributed by atoms with E-state index in [2.05, 4.69) is 10.2 Å². The van der Waals surface area contributed by atoms with Crippen LogP contribution in [-0.2, 0) is 4.79 Å². The third kappa shape index (κ3) is 4.34. The summed E-state index contributed by atoms with van der Waals surface area (Å²) in [6.45, 7) is -0.595. The summed E-state index contributed by atoms with van der Waals surface area (Å²) in [4.78, 5) is 10.8. The largest absolute Gasteiger partial charge is 0.478 e. The smallest absolute Gasteiger partial charge is 0.328 e. The summed E-state index contributed by atoms with van der Waals surface area (Å²) in [5, 5.41) is 15.9. The first kappa shape index (κ1) is 21.2. The Morgan fingerprint density at radius 2 is 1.75 bits per heavy atom. The van der Waals surface area contributed by atoms with Crippen molar-refractivity contribution in [3.05, 3.63) is 107 Å². The van der Waals surface area contributed by atoms with E-state index in [0.717, 1.165) is 11.6 Å². The molecule has 6 heteroatoms. The Hall–Kier alpha value is -4.06.